The Kier molecular flexibility index (Phi) is 4.24. The molecule has 0 saturated heterocycles. The Morgan fingerprint density at radius 3 is 2.70 bits per heavy atom. The fourth-order valence-corrected chi connectivity index (χ4v) is 1.84. The number of benzene rings is 1. The number of aromatic amines is 1. The molecule has 0 radical (unpaired) electrons. The summed E-state index contributed by atoms with van der Waals surface area (Å²) in [6.45, 7) is 1.87. The van der Waals surface area contributed by atoms with E-state index in [4.69, 9.17) is 9.47 Å². The summed E-state index contributed by atoms with van der Waals surface area (Å²) in [4.78, 5) is 12.0. The highest BCUT2D eigenvalue weighted by molar-refractivity contribution is 5.91. The first kappa shape index (κ1) is 13.9. The second-order valence-corrected chi connectivity index (χ2v) is 4.34. The molecular weight excluding hydrogens is 258 g/mol. The number of carbonyl (C=O) groups is 1. The van der Waals surface area contributed by atoms with Gasteiger partial charge in [-0.15, -0.1) is 0 Å². The molecule has 2 rings (SSSR count). The van der Waals surface area contributed by atoms with Crippen LogP contribution in [0.3, 0.4) is 0 Å². The number of hydrogen-bond acceptors (Lipinski definition) is 4. The van der Waals surface area contributed by atoms with Crippen LogP contribution in [-0.4, -0.2) is 30.3 Å². The molecule has 6 heteroatoms. The summed E-state index contributed by atoms with van der Waals surface area (Å²) in [7, 11) is 3.15. The van der Waals surface area contributed by atoms with Crippen LogP contribution in [0.25, 0.3) is 0 Å². The summed E-state index contributed by atoms with van der Waals surface area (Å²) in [5.41, 5.74) is 1.68. The van der Waals surface area contributed by atoms with E-state index in [9.17, 15) is 4.79 Å². The number of ether oxygens (including phenoxy) is 2. The van der Waals surface area contributed by atoms with Gasteiger partial charge in [0.1, 0.15) is 11.5 Å². The maximum Gasteiger partial charge on any atom is 0.230 e. The van der Waals surface area contributed by atoms with Gasteiger partial charge in [-0.25, -0.2) is 0 Å². The minimum Gasteiger partial charge on any atom is -0.497 e. The smallest absolute Gasteiger partial charge is 0.230 e. The Morgan fingerprint density at radius 2 is 2.10 bits per heavy atom. The van der Waals surface area contributed by atoms with Crippen molar-refractivity contribution in [3.05, 3.63) is 35.5 Å². The average molecular weight is 275 g/mol. The van der Waals surface area contributed by atoms with Crippen LogP contribution in [0, 0.1) is 6.92 Å². The maximum absolute atomic E-state index is 12.0. The van der Waals surface area contributed by atoms with Crippen molar-refractivity contribution >= 4 is 11.7 Å². The zero-order chi connectivity index (χ0) is 14.5. The van der Waals surface area contributed by atoms with Crippen LogP contribution < -0.4 is 14.8 Å². The summed E-state index contributed by atoms with van der Waals surface area (Å²) >= 11 is 0. The molecule has 106 valence electrons. The number of aryl methyl sites for hydroxylation is 1. The van der Waals surface area contributed by atoms with Crippen LogP contribution in [0.2, 0.25) is 0 Å². The fourth-order valence-electron chi connectivity index (χ4n) is 1.84. The van der Waals surface area contributed by atoms with E-state index in [1.165, 1.54) is 0 Å². The Balaban J connectivity index is 2.07. The molecule has 1 heterocycles. The lowest BCUT2D eigenvalue weighted by molar-refractivity contribution is -0.115. The van der Waals surface area contributed by atoms with Crippen LogP contribution in [0.1, 0.15) is 11.3 Å². The monoisotopic (exact) mass is 275 g/mol. The van der Waals surface area contributed by atoms with E-state index in [1.54, 1.807) is 32.4 Å². The first-order chi connectivity index (χ1) is 9.62. The van der Waals surface area contributed by atoms with Gasteiger partial charge < -0.3 is 14.8 Å². The standard InChI is InChI=1S/C14H17N3O3/c1-9-6-13(17-16-9)15-14(18)7-10-4-5-11(19-2)8-12(10)20-3/h4-6,8H,7H2,1-3H3,(H2,15,16,17,18). The number of H-pyrrole nitrogens is 1. The highest BCUT2D eigenvalue weighted by Gasteiger charge is 2.11. The first-order valence-electron chi connectivity index (χ1n) is 6.15. The van der Waals surface area contributed by atoms with Crippen molar-refractivity contribution in [1.29, 1.82) is 0 Å². The second kappa shape index (κ2) is 6.10. The van der Waals surface area contributed by atoms with Crippen molar-refractivity contribution in [2.45, 2.75) is 13.3 Å². The molecule has 6 nitrogen and oxygen atoms in total. The van der Waals surface area contributed by atoms with Crippen molar-refractivity contribution in [2.75, 3.05) is 19.5 Å². The van der Waals surface area contributed by atoms with E-state index in [0.29, 0.717) is 17.3 Å². The molecule has 0 fully saturated rings. The molecule has 2 N–H and O–H groups in total. The van der Waals surface area contributed by atoms with Gasteiger partial charge in [-0.3, -0.25) is 9.89 Å². The molecule has 1 aromatic heterocycles. The summed E-state index contributed by atoms with van der Waals surface area (Å²) in [6.07, 6.45) is 0.207. The minimum absolute atomic E-state index is 0.153. The van der Waals surface area contributed by atoms with E-state index in [-0.39, 0.29) is 12.3 Å². The Bertz CT molecular complexity index is 607. The number of nitrogens with zero attached hydrogens (tertiary/aromatic N) is 1. The third-order valence-electron chi connectivity index (χ3n) is 2.82. The first-order valence-corrected chi connectivity index (χ1v) is 6.15. The highest BCUT2D eigenvalue weighted by atomic mass is 16.5. The molecule has 0 atom stereocenters. The third-order valence-corrected chi connectivity index (χ3v) is 2.82. The van der Waals surface area contributed by atoms with Crippen molar-refractivity contribution in [1.82, 2.24) is 10.2 Å². The predicted octanol–water partition coefficient (Wildman–Crippen LogP) is 1.92. The van der Waals surface area contributed by atoms with Crippen molar-refractivity contribution < 1.29 is 14.3 Å². The Morgan fingerprint density at radius 1 is 1.30 bits per heavy atom. The number of anilines is 1. The number of nitrogens with one attached hydrogen (secondary N) is 2. The number of aromatic nitrogens is 2. The minimum atomic E-state index is -0.153. The largest absolute Gasteiger partial charge is 0.497 e. The van der Waals surface area contributed by atoms with E-state index in [1.807, 2.05) is 13.0 Å². The Hall–Kier alpha value is -2.50. The number of rotatable bonds is 5. The molecule has 2 aromatic rings. The zero-order valence-electron chi connectivity index (χ0n) is 11.7. The lowest BCUT2D eigenvalue weighted by Gasteiger charge is -2.10. The van der Waals surface area contributed by atoms with Crippen molar-refractivity contribution in [3.63, 3.8) is 0 Å². The summed E-state index contributed by atoms with van der Waals surface area (Å²) in [5, 5.41) is 9.45. The van der Waals surface area contributed by atoms with Gasteiger partial charge in [-0.1, -0.05) is 6.07 Å². The molecule has 0 aliphatic carbocycles. The fraction of sp³-hybridized carbons (Fsp3) is 0.286. The molecule has 0 aliphatic rings. The number of methoxy groups -OCH3 is 2. The van der Waals surface area contributed by atoms with Crippen LogP contribution in [0.5, 0.6) is 11.5 Å². The molecule has 1 aromatic carbocycles. The van der Waals surface area contributed by atoms with E-state index in [2.05, 4.69) is 15.5 Å². The predicted molar refractivity (Wildman–Crippen MR) is 75.2 cm³/mol. The van der Waals surface area contributed by atoms with Gasteiger partial charge in [0.25, 0.3) is 0 Å². The van der Waals surface area contributed by atoms with Crippen molar-refractivity contribution in [3.8, 4) is 11.5 Å². The van der Waals surface area contributed by atoms with Crippen LogP contribution >= 0.6 is 0 Å². The number of amides is 1. The third kappa shape index (κ3) is 3.28. The second-order valence-electron chi connectivity index (χ2n) is 4.34. The topological polar surface area (TPSA) is 76.2 Å². The normalized spacial score (nSPS) is 10.2. The molecule has 0 bridgehead atoms. The highest BCUT2D eigenvalue weighted by Crippen LogP contribution is 2.25. The quantitative estimate of drug-likeness (QED) is 0.874. The SMILES string of the molecule is COc1ccc(CC(=O)Nc2cc(C)[nH]n2)c(OC)c1. The molecule has 0 spiro atoms. The summed E-state index contributed by atoms with van der Waals surface area (Å²) in [5.74, 6) is 1.67. The zero-order valence-corrected chi connectivity index (χ0v) is 11.7. The van der Waals surface area contributed by atoms with Crippen LogP contribution in [0.15, 0.2) is 24.3 Å². The van der Waals surface area contributed by atoms with Crippen molar-refractivity contribution in [2.24, 2.45) is 0 Å². The van der Waals surface area contributed by atoms with Gasteiger partial charge in [0.05, 0.1) is 20.6 Å². The number of hydrogen-bond donors (Lipinski definition) is 2. The lowest BCUT2D eigenvalue weighted by atomic mass is 10.1. The van der Waals surface area contributed by atoms with E-state index < -0.39 is 0 Å². The van der Waals surface area contributed by atoms with Gasteiger partial charge in [-0.2, -0.15) is 5.10 Å². The van der Waals surface area contributed by atoms with Gasteiger partial charge in [0.15, 0.2) is 5.82 Å². The van der Waals surface area contributed by atoms with E-state index >= 15 is 0 Å². The molecule has 20 heavy (non-hydrogen) atoms. The average Bonchev–Trinajstić information content (AvgIpc) is 2.84. The van der Waals surface area contributed by atoms with Gasteiger partial charge in [0.2, 0.25) is 5.91 Å². The number of carbonyl (C=O) groups excluding carboxylic acids is 1. The Labute approximate surface area is 117 Å². The summed E-state index contributed by atoms with van der Waals surface area (Å²) in [6, 6.07) is 7.13. The van der Waals surface area contributed by atoms with E-state index in [0.717, 1.165) is 11.3 Å². The molecule has 0 aliphatic heterocycles. The van der Waals surface area contributed by atoms with Gasteiger partial charge in [0, 0.05) is 23.4 Å². The van der Waals surface area contributed by atoms with Gasteiger partial charge >= 0.3 is 0 Å². The molecule has 0 unspecified atom stereocenters. The van der Waals surface area contributed by atoms with Crippen LogP contribution in [-0.2, 0) is 11.2 Å². The summed E-state index contributed by atoms with van der Waals surface area (Å²) < 4.78 is 10.4. The molecule has 0 saturated carbocycles. The maximum atomic E-state index is 12.0. The molecule has 1 amide bonds. The lowest BCUT2D eigenvalue weighted by Crippen LogP contribution is -2.15. The molecular formula is C14H17N3O3. The van der Waals surface area contributed by atoms with Gasteiger partial charge in [-0.05, 0) is 13.0 Å². The van der Waals surface area contributed by atoms with Crippen LogP contribution in [0.4, 0.5) is 5.82 Å².